The first-order chi connectivity index (χ1) is 18.1. The third-order valence-electron chi connectivity index (χ3n) is 8.35. The zero-order valence-electron chi connectivity index (χ0n) is 21.1. The molecule has 37 heavy (non-hydrogen) atoms. The molecule has 2 aliphatic rings. The topological polar surface area (TPSA) is 40.6 Å². The molecule has 4 nitrogen and oxygen atoms in total. The van der Waals surface area contributed by atoms with Gasteiger partial charge in [0, 0.05) is 25.6 Å². The fourth-order valence-corrected chi connectivity index (χ4v) is 7.83. The van der Waals surface area contributed by atoms with Gasteiger partial charge < -0.3 is 4.90 Å². The van der Waals surface area contributed by atoms with Gasteiger partial charge >= 0.3 is 0 Å². The SMILES string of the molecule is O=S(=O)(c1ccc2ccccc2c1)N1CC(CN2CCC(c3ccccc3)CC2)C(c2ccccc2)C1. The van der Waals surface area contributed by atoms with Gasteiger partial charge in [-0.05, 0) is 71.8 Å². The van der Waals surface area contributed by atoms with Crippen LogP contribution in [0.5, 0.6) is 0 Å². The van der Waals surface area contributed by atoms with Gasteiger partial charge in [-0.25, -0.2) is 8.42 Å². The summed E-state index contributed by atoms with van der Waals surface area (Å²) < 4.78 is 29.3. The van der Waals surface area contributed by atoms with E-state index in [0.29, 0.717) is 23.9 Å². The summed E-state index contributed by atoms with van der Waals surface area (Å²) in [5.41, 5.74) is 2.68. The molecule has 2 fully saturated rings. The Morgan fingerprint density at radius 3 is 2.00 bits per heavy atom. The number of sulfonamides is 1. The van der Waals surface area contributed by atoms with E-state index in [-0.39, 0.29) is 11.8 Å². The van der Waals surface area contributed by atoms with Gasteiger partial charge in [0.05, 0.1) is 4.90 Å². The number of rotatable bonds is 6. The molecule has 0 N–H and O–H groups in total. The van der Waals surface area contributed by atoms with E-state index in [1.807, 2.05) is 42.5 Å². The van der Waals surface area contributed by atoms with E-state index >= 15 is 0 Å². The maximum atomic E-state index is 13.8. The molecule has 4 aromatic rings. The molecule has 2 aliphatic heterocycles. The van der Waals surface area contributed by atoms with Crippen LogP contribution < -0.4 is 0 Å². The molecule has 5 heteroatoms. The van der Waals surface area contributed by atoms with E-state index < -0.39 is 10.0 Å². The Hall–Kier alpha value is -2.99. The smallest absolute Gasteiger partial charge is 0.243 e. The van der Waals surface area contributed by atoms with Crippen molar-refractivity contribution in [2.24, 2.45) is 5.92 Å². The standard InChI is InChI=1S/C32H34N2O2S/c35-37(36,31-16-15-26-11-7-8-14-29(26)21-31)34-23-30(32(24-34)28-12-5-2-6-13-28)22-33-19-17-27(18-20-33)25-9-3-1-4-10-25/h1-16,21,27,30,32H,17-20,22-24H2. The average molecular weight is 511 g/mol. The molecule has 0 saturated carbocycles. The summed E-state index contributed by atoms with van der Waals surface area (Å²) in [6.45, 7) is 4.16. The van der Waals surface area contributed by atoms with Crippen LogP contribution in [0.25, 0.3) is 10.8 Å². The van der Waals surface area contributed by atoms with Crippen LogP contribution in [0.3, 0.4) is 0 Å². The molecule has 4 aromatic carbocycles. The van der Waals surface area contributed by atoms with Gasteiger partial charge in [0.1, 0.15) is 0 Å². The quantitative estimate of drug-likeness (QED) is 0.314. The molecule has 0 radical (unpaired) electrons. The summed E-state index contributed by atoms with van der Waals surface area (Å²) in [5.74, 6) is 1.09. The third kappa shape index (κ3) is 5.08. The van der Waals surface area contributed by atoms with Crippen LogP contribution in [0.2, 0.25) is 0 Å². The van der Waals surface area contributed by atoms with Crippen LogP contribution in [0, 0.1) is 5.92 Å². The van der Waals surface area contributed by atoms with Crippen LogP contribution in [0.4, 0.5) is 0 Å². The van der Waals surface area contributed by atoms with Crippen molar-refractivity contribution in [2.45, 2.75) is 29.6 Å². The molecule has 0 amide bonds. The van der Waals surface area contributed by atoms with E-state index in [2.05, 4.69) is 59.5 Å². The number of benzene rings is 4. The van der Waals surface area contributed by atoms with Gasteiger partial charge in [0.15, 0.2) is 0 Å². The molecule has 2 heterocycles. The molecule has 2 atom stereocenters. The Balaban J connectivity index is 1.21. The lowest BCUT2D eigenvalue weighted by atomic mass is 9.86. The Bertz CT molecular complexity index is 1450. The number of piperidine rings is 1. The largest absolute Gasteiger partial charge is 0.303 e. The van der Waals surface area contributed by atoms with E-state index in [4.69, 9.17) is 0 Å². The zero-order chi connectivity index (χ0) is 25.2. The van der Waals surface area contributed by atoms with Crippen molar-refractivity contribution in [1.82, 2.24) is 9.21 Å². The van der Waals surface area contributed by atoms with Crippen molar-refractivity contribution in [3.63, 3.8) is 0 Å². The van der Waals surface area contributed by atoms with E-state index in [0.717, 1.165) is 43.2 Å². The lowest BCUT2D eigenvalue weighted by Gasteiger charge is -2.35. The zero-order valence-corrected chi connectivity index (χ0v) is 21.9. The summed E-state index contributed by atoms with van der Waals surface area (Å²) in [5, 5.41) is 2.02. The minimum atomic E-state index is -3.57. The second-order valence-electron chi connectivity index (χ2n) is 10.6. The minimum absolute atomic E-state index is 0.197. The monoisotopic (exact) mass is 510 g/mol. The van der Waals surface area contributed by atoms with Crippen LogP contribution in [-0.2, 0) is 10.0 Å². The van der Waals surface area contributed by atoms with E-state index in [9.17, 15) is 8.42 Å². The summed E-state index contributed by atoms with van der Waals surface area (Å²) in [6.07, 6.45) is 2.32. The number of fused-ring (bicyclic) bond motifs is 1. The highest BCUT2D eigenvalue weighted by Gasteiger charge is 2.41. The molecule has 0 aromatic heterocycles. The lowest BCUT2D eigenvalue weighted by molar-refractivity contribution is 0.180. The fourth-order valence-electron chi connectivity index (χ4n) is 6.27. The molecule has 0 bridgehead atoms. The fraction of sp³-hybridized carbons (Fsp3) is 0.312. The van der Waals surface area contributed by atoms with Crippen molar-refractivity contribution in [2.75, 3.05) is 32.7 Å². The van der Waals surface area contributed by atoms with Gasteiger partial charge in [-0.3, -0.25) is 0 Å². The summed E-state index contributed by atoms with van der Waals surface area (Å²) in [7, 11) is -3.57. The van der Waals surface area contributed by atoms with Gasteiger partial charge in [0.2, 0.25) is 10.0 Å². The predicted octanol–water partition coefficient (Wildman–Crippen LogP) is 6.12. The molecule has 6 rings (SSSR count). The summed E-state index contributed by atoms with van der Waals surface area (Å²) in [4.78, 5) is 2.95. The molecule has 0 spiro atoms. The first-order valence-electron chi connectivity index (χ1n) is 13.4. The minimum Gasteiger partial charge on any atom is -0.303 e. The number of likely N-dealkylation sites (tertiary alicyclic amines) is 1. The molecular formula is C32H34N2O2S. The van der Waals surface area contributed by atoms with Gasteiger partial charge in [-0.1, -0.05) is 91.0 Å². The van der Waals surface area contributed by atoms with Crippen molar-refractivity contribution >= 4 is 20.8 Å². The Morgan fingerprint density at radius 1 is 0.676 bits per heavy atom. The van der Waals surface area contributed by atoms with Crippen molar-refractivity contribution in [3.8, 4) is 0 Å². The van der Waals surface area contributed by atoms with Crippen LogP contribution in [-0.4, -0.2) is 50.3 Å². The van der Waals surface area contributed by atoms with Gasteiger partial charge in [-0.15, -0.1) is 0 Å². The number of nitrogens with zero attached hydrogens (tertiary/aromatic N) is 2. The van der Waals surface area contributed by atoms with Crippen LogP contribution in [0.1, 0.15) is 35.8 Å². The predicted molar refractivity (Wildman–Crippen MR) is 150 cm³/mol. The highest BCUT2D eigenvalue weighted by Crippen LogP contribution is 2.38. The molecular weight excluding hydrogens is 476 g/mol. The second-order valence-corrected chi connectivity index (χ2v) is 12.5. The molecule has 190 valence electrons. The molecule has 2 unspecified atom stereocenters. The molecule has 2 saturated heterocycles. The lowest BCUT2D eigenvalue weighted by Crippen LogP contribution is -2.38. The van der Waals surface area contributed by atoms with E-state index in [1.54, 1.807) is 10.4 Å². The number of hydrogen-bond donors (Lipinski definition) is 0. The van der Waals surface area contributed by atoms with Gasteiger partial charge in [0.25, 0.3) is 0 Å². The Morgan fingerprint density at radius 2 is 1.30 bits per heavy atom. The number of hydrogen-bond acceptors (Lipinski definition) is 3. The highest BCUT2D eigenvalue weighted by atomic mass is 32.2. The summed E-state index contributed by atoms with van der Waals surface area (Å²) >= 11 is 0. The average Bonchev–Trinajstić information content (AvgIpc) is 3.39. The second kappa shape index (κ2) is 10.4. The van der Waals surface area contributed by atoms with Crippen LogP contribution >= 0.6 is 0 Å². The van der Waals surface area contributed by atoms with Crippen molar-refractivity contribution < 1.29 is 8.42 Å². The first-order valence-corrected chi connectivity index (χ1v) is 14.8. The van der Waals surface area contributed by atoms with E-state index in [1.165, 1.54) is 11.1 Å². The van der Waals surface area contributed by atoms with Crippen molar-refractivity contribution in [1.29, 1.82) is 0 Å². The Labute approximate surface area is 220 Å². The molecule has 0 aliphatic carbocycles. The third-order valence-corrected chi connectivity index (χ3v) is 10.2. The normalized spacial score (nSPS) is 21.9. The maximum absolute atomic E-state index is 13.8. The van der Waals surface area contributed by atoms with Gasteiger partial charge in [-0.2, -0.15) is 4.31 Å². The highest BCUT2D eigenvalue weighted by molar-refractivity contribution is 7.89. The van der Waals surface area contributed by atoms with Crippen LogP contribution in [0.15, 0.2) is 108 Å². The summed E-state index contributed by atoms with van der Waals surface area (Å²) in [6, 6.07) is 34.8. The Kier molecular flexibility index (Phi) is 6.85. The maximum Gasteiger partial charge on any atom is 0.243 e. The first kappa shape index (κ1) is 24.4. The van der Waals surface area contributed by atoms with Crippen molar-refractivity contribution in [3.05, 3.63) is 114 Å².